The van der Waals surface area contributed by atoms with E-state index in [0.29, 0.717) is 38.0 Å². The zero-order chi connectivity index (χ0) is 19.3. The summed E-state index contributed by atoms with van der Waals surface area (Å²) in [6.45, 7) is 2.69. The fourth-order valence-corrected chi connectivity index (χ4v) is 4.65. The fraction of sp³-hybridized carbons (Fsp3) is 0.882. The molecule has 2 rings (SSSR count). The van der Waals surface area contributed by atoms with Crippen molar-refractivity contribution < 1.29 is 27.9 Å². The minimum atomic E-state index is -3.66. The second-order valence-corrected chi connectivity index (χ2v) is 9.61. The SMILES string of the molecule is CC1CCCC(CC(=O)N2CCOC(CN(CC(=O)O)S(C)(=O)=O)C2)C1. The number of rotatable bonds is 7. The lowest BCUT2D eigenvalue weighted by Crippen LogP contribution is -2.51. The summed E-state index contributed by atoms with van der Waals surface area (Å²) in [4.78, 5) is 25.3. The summed E-state index contributed by atoms with van der Waals surface area (Å²) in [5, 5.41) is 8.91. The molecule has 9 heteroatoms. The lowest BCUT2D eigenvalue weighted by molar-refractivity contribution is -0.142. The summed E-state index contributed by atoms with van der Waals surface area (Å²) in [6, 6.07) is 0. The first-order valence-electron chi connectivity index (χ1n) is 9.21. The summed E-state index contributed by atoms with van der Waals surface area (Å²) < 4.78 is 30.0. The van der Waals surface area contributed by atoms with Crippen LogP contribution in [0.2, 0.25) is 0 Å². The van der Waals surface area contributed by atoms with Crippen molar-refractivity contribution in [1.29, 1.82) is 0 Å². The number of hydrogen-bond acceptors (Lipinski definition) is 5. The number of carboxylic acid groups (broad SMARTS) is 1. The maximum absolute atomic E-state index is 12.6. The number of amides is 1. The molecular formula is C17H30N2O6S. The van der Waals surface area contributed by atoms with Crippen LogP contribution in [0, 0.1) is 11.8 Å². The topological polar surface area (TPSA) is 104 Å². The molecule has 0 aromatic heterocycles. The van der Waals surface area contributed by atoms with Crippen molar-refractivity contribution in [2.75, 3.05) is 39.0 Å². The molecule has 0 radical (unpaired) electrons. The number of carboxylic acids is 1. The van der Waals surface area contributed by atoms with Crippen molar-refractivity contribution >= 4 is 21.9 Å². The Kier molecular flexibility index (Phi) is 7.42. The lowest BCUT2D eigenvalue weighted by Gasteiger charge is -2.36. The van der Waals surface area contributed by atoms with Crippen LogP contribution in [0.1, 0.15) is 39.0 Å². The maximum Gasteiger partial charge on any atom is 0.318 e. The number of carbonyl (C=O) groups excluding carboxylic acids is 1. The number of hydrogen-bond donors (Lipinski definition) is 1. The minimum absolute atomic E-state index is 0.0601. The van der Waals surface area contributed by atoms with Crippen LogP contribution >= 0.6 is 0 Å². The van der Waals surface area contributed by atoms with Crippen LogP contribution in [0.15, 0.2) is 0 Å². The van der Waals surface area contributed by atoms with E-state index in [1.54, 1.807) is 4.90 Å². The van der Waals surface area contributed by atoms with Gasteiger partial charge in [0.2, 0.25) is 15.9 Å². The van der Waals surface area contributed by atoms with E-state index in [1.807, 2.05) is 0 Å². The standard InChI is InChI=1S/C17H30N2O6S/c1-13-4-3-5-14(8-13)9-16(20)18-6-7-25-15(10-18)11-19(12-17(21)22)26(2,23)24/h13-15H,3-12H2,1-2H3,(H,21,22). The van der Waals surface area contributed by atoms with Crippen molar-refractivity contribution in [3.63, 3.8) is 0 Å². The molecule has 0 bridgehead atoms. The highest BCUT2D eigenvalue weighted by Crippen LogP contribution is 2.31. The summed E-state index contributed by atoms with van der Waals surface area (Å²) >= 11 is 0. The highest BCUT2D eigenvalue weighted by Gasteiger charge is 2.31. The fourth-order valence-electron chi connectivity index (χ4n) is 3.87. The van der Waals surface area contributed by atoms with Gasteiger partial charge in [0, 0.05) is 26.1 Å². The van der Waals surface area contributed by atoms with Gasteiger partial charge in [-0.05, 0) is 24.7 Å². The molecule has 0 aromatic rings. The molecule has 0 spiro atoms. The van der Waals surface area contributed by atoms with Crippen LogP contribution < -0.4 is 0 Å². The van der Waals surface area contributed by atoms with Crippen LogP contribution in [0.5, 0.6) is 0 Å². The van der Waals surface area contributed by atoms with Gasteiger partial charge in [-0.1, -0.05) is 19.8 Å². The summed E-state index contributed by atoms with van der Waals surface area (Å²) in [5.41, 5.74) is 0. The van der Waals surface area contributed by atoms with Gasteiger partial charge >= 0.3 is 5.97 Å². The zero-order valence-corrected chi connectivity index (χ0v) is 16.4. The molecule has 2 fully saturated rings. The van der Waals surface area contributed by atoms with E-state index in [9.17, 15) is 18.0 Å². The van der Waals surface area contributed by atoms with Gasteiger partial charge in [0.05, 0.1) is 19.0 Å². The summed E-state index contributed by atoms with van der Waals surface area (Å²) in [6.07, 6.45) is 5.57. The van der Waals surface area contributed by atoms with Crippen molar-refractivity contribution in [2.24, 2.45) is 11.8 Å². The second-order valence-electron chi connectivity index (χ2n) is 7.62. The Labute approximate surface area is 155 Å². The third kappa shape index (κ3) is 6.51. The van der Waals surface area contributed by atoms with Gasteiger partial charge in [-0.2, -0.15) is 4.31 Å². The third-order valence-corrected chi connectivity index (χ3v) is 6.40. The van der Waals surface area contributed by atoms with Crippen molar-refractivity contribution in [3.8, 4) is 0 Å². The minimum Gasteiger partial charge on any atom is -0.480 e. The number of carbonyl (C=O) groups is 2. The molecule has 1 saturated carbocycles. The molecule has 1 aliphatic heterocycles. The molecule has 26 heavy (non-hydrogen) atoms. The van der Waals surface area contributed by atoms with Gasteiger partial charge in [0.25, 0.3) is 0 Å². The number of nitrogens with zero attached hydrogens (tertiary/aromatic N) is 2. The molecule has 2 aliphatic rings. The van der Waals surface area contributed by atoms with E-state index < -0.39 is 28.6 Å². The molecule has 0 aromatic carbocycles. The molecule has 3 atom stereocenters. The molecule has 3 unspecified atom stereocenters. The van der Waals surface area contributed by atoms with Gasteiger partial charge < -0.3 is 14.7 Å². The van der Waals surface area contributed by atoms with E-state index in [1.165, 1.54) is 12.8 Å². The molecule has 1 aliphatic carbocycles. The first-order chi connectivity index (χ1) is 12.1. The normalized spacial score (nSPS) is 27.5. The van der Waals surface area contributed by atoms with E-state index in [4.69, 9.17) is 9.84 Å². The van der Waals surface area contributed by atoms with E-state index in [-0.39, 0.29) is 12.5 Å². The van der Waals surface area contributed by atoms with Crippen molar-refractivity contribution in [1.82, 2.24) is 9.21 Å². The smallest absolute Gasteiger partial charge is 0.318 e. The first kappa shape index (κ1) is 21.1. The monoisotopic (exact) mass is 390 g/mol. The van der Waals surface area contributed by atoms with Crippen LogP contribution in [-0.4, -0.2) is 79.8 Å². The number of ether oxygens (including phenoxy) is 1. The Morgan fingerprint density at radius 2 is 2.04 bits per heavy atom. The van der Waals surface area contributed by atoms with Gasteiger partial charge in [0.1, 0.15) is 6.54 Å². The third-order valence-electron chi connectivity index (χ3n) is 5.19. The van der Waals surface area contributed by atoms with Crippen LogP contribution in [-0.2, 0) is 24.3 Å². The van der Waals surface area contributed by atoms with E-state index >= 15 is 0 Å². The molecule has 1 amide bonds. The van der Waals surface area contributed by atoms with E-state index in [2.05, 4.69) is 6.92 Å². The van der Waals surface area contributed by atoms with Gasteiger partial charge in [-0.15, -0.1) is 0 Å². The lowest BCUT2D eigenvalue weighted by atomic mass is 9.80. The molecule has 1 saturated heterocycles. The molecule has 150 valence electrons. The van der Waals surface area contributed by atoms with Gasteiger partial charge in [0.15, 0.2) is 0 Å². The van der Waals surface area contributed by atoms with Crippen LogP contribution in [0.3, 0.4) is 0 Å². The van der Waals surface area contributed by atoms with Crippen molar-refractivity contribution in [2.45, 2.75) is 45.1 Å². The van der Waals surface area contributed by atoms with Crippen molar-refractivity contribution in [3.05, 3.63) is 0 Å². The maximum atomic E-state index is 12.6. The highest BCUT2D eigenvalue weighted by atomic mass is 32.2. The van der Waals surface area contributed by atoms with Crippen LogP contribution in [0.4, 0.5) is 0 Å². The first-order valence-corrected chi connectivity index (χ1v) is 11.1. The quantitative estimate of drug-likeness (QED) is 0.689. The Balaban J connectivity index is 1.90. The predicted molar refractivity (Wildman–Crippen MR) is 96.1 cm³/mol. The summed E-state index contributed by atoms with van der Waals surface area (Å²) in [5.74, 6) is -0.0440. The highest BCUT2D eigenvalue weighted by molar-refractivity contribution is 7.88. The van der Waals surface area contributed by atoms with Gasteiger partial charge in [-0.3, -0.25) is 9.59 Å². The second kappa shape index (κ2) is 9.14. The Morgan fingerprint density at radius 3 is 2.65 bits per heavy atom. The molecule has 1 heterocycles. The largest absolute Gasteiger partial charge is 0.480 e. The zero-order valence-electron chi connectivity index (χ0n) is 15.6. The number of aliphatic carboxylic acids is 1. The Bertz CT molecular complexity index is 608. The Hall–Kier alpha value is -1.19. The van der Waals surface area contributed by atoms with Gasteiger partial charge in [-0.25, -0.2) is 8.42 Å². The summed E-state index contributed by atoms with van der Waals surface area (Å²) in [7, 11) is -3.66. The average Bonchev–Trinajstić information content (AvgIpc) is 2.53. The molecule has 8 nitrogen and oxygen atoms in total. The molecular weight excluding hydrogens is 360 g/mol. The van der Waals surface area contributed by atoms with Crippen LogP contribution in [0.25, 0.3) is 0 Å². The molecule has 1 N–H and O–H groups in total. The average molecular weight is 391 g/mol. The number of sulfonamides is 1. The number of morpholine rings is 1. The predicted octanol–water partition coefficient (Wildman–Crippen LogP) is 0.776. The van der Waals surface area contributed by atoms with E-state index in [0.717, 1.165) is 23.4 Å². The Morgan fingerprint density at radius 1 is 1.31 bits per heavy atom.